The summed E-state index contributed by atoms with van der Waals surface area (Å²) in [5, 5.41) is 0.742. The van der Waals surface area contributed by atoms with Crippen molar-refractivity contribution in [3.63, 3.8) is 0 Å². The Kier molecular flexibility index (Phi) is 6.82. The molecule has 0 radical (unpaired) electrons. The molecule has 0 saturated carbocycles. The average Bonchev–Trinajstić information content (AvgIpc) is 2.73. The molecule has 148 valence electrons. The number of para-hydroxylation sites is 1. The number of carbonyl (C=O) groups is 1. The summed E-state index contributed by atoms with van der Waals surface area (Å²) in [5.41, 5.74) is 1.91. The molecular formula is C22H25ClN2O3. The zero-order valence-electron chi connectivity index (χ0n) is 16.2. The summed E-state index contributed by atoms with van der Waals surface area (Å²) < 4.78 is 10.9. The van der Waals surface area contributed by atoms with Crippen LogP contribution in [-0.2, 0) is 4.79 Å². The van der Waals surface area contributed by atoms with Gasteiger partial charge in [0.2, 0.25) is 5.91 Å². The molecule has 0 spiro atoms. The molecule has 1 saturated heterocycles. The van der Waals surface area contributed by atoms with Crippen LogP contribution in [0.2, 0.25) is 5.02 Å². The Morgan fingerprint density at radius 3 is 2.54 bits per heavy atom. The highest BCUT2D eigenvalue weighted by molar-refractivity contribution is 6.33. The van der Waals surface area contributed by atoms with Crippen molar-refractivity contribution in [2.45, 2.75) is 6.92 Å². The first-order chi connectivity index (χ1) is 13.6. The topological polar surface area (TPSA) is 42.0 Å². The van der Waals surface area contributed by atoms with Gasteiger partial charge >= 0.3 is 0 Å². The van der Waals surface area contributed by atoms with Gasteiger partial charge in [0, 0.05) is 32.3 Å². The number of rotatable bonds is 6. The lowest BCUT2D eigenvalue weighted by atomic mass is 10.1. The number of benzene rings is 2. The Balaban J connectivity index is 1.59. The Bertz CT molecular complexity index is 845. The van der Waals surface area contributed by atoms with Gasteiger partial charge in [-0.1, -0.05) is 29.8 Å². The Morgan fingerprint density at radius 2 is 1.86 bits per heavy atom. The molecule has 5 nitrogen and oxygen atoms in total. The van der Waals surface area contributed by atoms with Crippen molar-refractivity contribution >= 4 is 29.3 Å². The second kappa shape index (κ2) is 9.51. The van der Waals surface area contributed by atoms with E-state index in [2.05, 4.69) is 4.90 Å². The van der Waals surface area contributed by atoms with Crippen LogP contribution in [0.5, 0.6) is 11.5 Å². The van der Waals surface area contributed by atoms with Gasteiger partial charge in [-0.05, 0) is 42.8 Å². The van der Waals surface area contributed by atoms with Gasteiger partial charge in [0.05, 0.1) is 24.4 Å². The molecule has 1 heterocycles. The van der Waals surface area contributed by atoms with E-state index in [0.717, 1.165) is 29.4 Å². The lowest BCUT2D eigenvalue weighted by Crippen LogP contribution is -2.48. The van der Waals surface area contributed by atoms with Crippen molar-refractivity contribution in [2.75, 3.05) is 44.8 Å². The molecule has 0 unspecified atom stereocenters. The van der Waals surface area contributed by atoms with Gasteiger partial charge in [-0.3, -0.25) is 4.79 Å². The van der Waals surface area contributed by atoms with Crippen LogP contribution in [-0.4, -0.2) is 50.7 Å². The van der Waals surface area contributed by atoms with Crippen molar-refractivity contribution in [1.82, 2.24) is 4.90 Å². The number of hydrogen-bond donors (Lipinski definition) is 0. The fourth-order valence-electron chi connectivity index (χ4n) is 3.21. The van der Waals surface area contributed by atoms with Gasteiger partial charge in [0.1, 0.15) is 0 Å². The van der Waals surface area contributed by atoms with Crippen LogP contribution in [0.1, 0.15) is 12.5 Å². The molecule has 0 atom stereocenters. The molecule has 0 bridgehead atoms. The average molecular weight is 401 g/mol. The number of halogens is 1. The minimum Gasteiger partial charge on any atom is -0.493 e. The Hall–Kier alpha value is -2.66. The largest absolute Gasteiger partial charge is 0.493 e. The van der Waals surface area contributed by atoms with Gasteiger partial charge in [-0.2, -0.15) is 0 Å². The van der Waals surface area contributed by atoms with E-state index in [0.29, 0.717) is 31.2 Å². The highest BCUT2D eigenvalue weighted by Crippen LogP contribution is 2.29. The maximum Gasteiger partial charge on any atom is 0.246 e. The third-order valence-corrected chi connectivity index (χ3v) is 5.01. The van der Waals surface area contributed by atoms with Gasteiger partial charge < -0.3 is 19.3 Å². The first kappa shape index (κ1) is 20.1. The standard InChI is InChI=1S/C22H25ClN2O3/c1-3-28-20-10-8-17(16-21(20)27-2)9-11-22(26)25-14-12-24(13-15-25)19-7-5-4-6-18(19)23/h4-11,16H,3,12-15H2,1-2H3/b11-9+. The van der Waals surface area contributed by atoms with Gasteiger partial charge in [-0.15, -0.1) is 0 Å². The molecule has 6 heteroatoms. The quantitative estimate of drug-likeness (QED) is 0.684. The smallest absolute Gasteiger partial charge is 0.246 e. The van der Waals surface area contributed by atoms with Crippen molar-refractivity contribution in [3.8, 4) is 11.5 Å². The summed E-state index contributed by atoms with van der Waals surface area (Å²) in [6, 6.07) is 13.4. The summed E-state index contributed by atoms with van der Waals surface area (Å²) in [5.74, 6) is 1.36. The minimum absolute atomic E-state index is 0.00617. The van der Waals surface area contributed by atoms with Crippen LogP contribution in [0.25, 0.3) is 6.08 Å². The number of carbonyl (C=O) groups excluding carboxylic acids is 1. The fourth-order valence-corrected chi connectivity index (χ4v) is 3.47. The third-order valence-electron chi connectivity index (χ3n) is 4.69. The second-order valence-electron chi connectivity index (χ2n) is 6.44. The lowest BCUT2D eigenvalue weighted by molar-refractivity contribution is -0.126. The van der Waals surface area contributed by atoms with Crippen molar-refractivity contribution in [3.05, 3.63) is 59.1 Å². The summed E-state index contributed by atoms with van der Waals surface area (Å²) in [6.07, 6.45) is 3.42. The molecule has 3 rings (SSSR count). The van der Waals surface area contributed by atoms with Crippen LogP contribution in [0.4, 0.5) is 5.69 Å². The highest BCUT2D eigenvalue weighted by atomic mass is 35.5. The first-order valence-electron chi connectivity index (χ1n) is 9.39. The van der Waals surface area contributed by atoms with Gasteiger partial charge in [0.25, 0.3) is 0 Å². The summed E-state index contributed by atoms with van der Waals surface area (Å²) in [6.45, 7) is 5.37. The van der Waals surface area contributed by atoms with Crippen LogP contribution in [0.3, 0.4) is 0 Å². The minimum atomic E-state index is 0.00617. The zero-order valence-corrected chi connectivity index (χ0v) is 17.0. The molecule has 1 aliphatic heterocycles. The van der Waals surface area contributed by atoms with E-state index in [4.69, 9.17) is 21.1 Å². The van der Waals surface area contributed by atoms with Gasteiger partial charge in [-0.25, -0.2) is 0 Å². The molecule has 1 fully saturated rings. The predicted octanol–water partition coefficient (Wildman–Crippen LogP) is 4.11. The van der Waals surface area contributed by atoms with Crippen LogP contribution >= 0.6 is 11.6 Å². The number of anilines is 1. The number of amides is 1. The van der Waals surface area contributed by atoms with Crippen LogP contribution < -0.4 is 14.4 Å². The Morgan fingerprint density at radius 1 is 1.11 bits per heavy atom. The predicted molar refractivity (Wildman–Crippen MR) is 113 cm³/mol. The van der Waals surface area contributed by atoms with E-state index >= 15 is 0 Å². The molecule has 1 amide bonds. The normalized spacial score (nSPS) is 14.4. The monoisotopic (exact) mass is 400 g/mol. The zero-order chi connectivity index (χ0) is 19.9. The maximum absolute atomic E-state index is 12.5. The SMILES string of the molecule is CCOc1ccc(/C=C/C(=O)N2CCN(c3ccccc3Cl)CC2)cc1OC. The van der Waals surface area contributed by atoms with Crippen LogP contribution in [0, 0.1) is 0 Å². The fraction of sp³-hybridized carbons (Fsp3) is 0.318. The van der Waals surface area contributed by atoms with Crippen molar-refractivity contribution in [1.29, 1.82) is 0 Å². The summed E-state index contributed by atoms with van der Waals surface area (Å²) in [4.78, 5) is 16.6. The maximum atomic E-state index is 12.5. The van der Waals surface area contributed by atoms with E-state index in [-0.39, 0.29) is 5.91 Å². The number of methoxy groups -OCH3 is 1. The summed E-state index contributed by atoms with van der Waals surface area (Å²) >= 11 is 6.28. The van der Waals surface area contributed by atoms with E-state index in [1.54, 1.807) is 19.3 Å². The number of piperazine rings is 1. The molecule has 0 N–H and O–H groups in total. The molecule has 0 aliphatic carbocycles. The number of hydrogen-bond acceptors (Lipinski definition) is 4. The summed E-state index contributed by atoms with van der Waals surface area (Å²) in [7, 11) is 1.61. The third kappa shape index (κ3) is 4.78. The first-order valence-corrected chi connectivity index (χ1v) is 9.77. The van der Waals surface area contributed by atoms with E-state index in [1.165, 1.54) is 0 Å². The second-order valence-corrected chi connectivity index (χ2v) is 6.85. The molecule has 28 heavy (non-hydrogen) atoms. The van der Waals surface area contributed by atoms with Crippen molar-refractivity contribution < 1.29 is 14.3 Å². The molecule has 2 aromatic rings. The molecule has 1 aliphatic rings. The number of ether oxygens (including phenoxy) is 2. The number of nitrogens with zero attached hydrogens (tertiary/aromatic N) is 2. The van der Waals surface area contributed by atoms with E-state index in [9.17, 15) is 4.79 Å². The van der Waals surface area contributed by atoms with E-state index in [1.807, 2.05) is 54.3 Å². The van der Waals surface area contributed by atoms with Gasteiger partial charge in [0.15, 0.2) is 11.5 Å². The lowest BCUT2D eigenvalue weighted by Gasteiger charge is -2.36. The molecular weight excluding hydrogens is 376 g/mol. The highest BCUT2D eigenvalue weighted by Gasteiger charge is 2.21. The van der Waals surface area contributed by atoms with E-state index < -0.39 is 0 Å². The Labute approximate surface area is 171 Å². The molecule has 2 aromatic carbocycles. The van der Waals surface area contributed by atoms with Crippen molar-refractivity contribution in [2.24, 2.45) is 0 Å². The van der Waals surface area contributed by atoms with Crippen LogP contribution in [0.15, 0.2) is 48.5 Å². The molecule has 0 aromatic heterocycles.